The SMILES string of the molecule is COc1cccc(C2NC(=O)N(CCC(C)C)C(C)=C2c2nc(-c3ccc(F)cc3)no2)c1. The van der Waals surface area contributed by atoms with Gasteiger partial charge in [0.25, 0.3) is 5.89 Å². The summed E-state index contributed by atoms with van der Waals surface area (Å²) in [6, 6.07) is 12.7. The molecule has 1 atom stereocenters. The highest BCUT2D eigenvalue weighted by Gasteiger charge is 2.35. The number of urea groups is 1. The van der Waals surface area contributed by atoms with Gasteiger partial charge in [-0.15, -0.1) is 0 Å². The lowest BCUT2D eigenvalue weighted by Crippen LogP contribution is -2.46. The van der Waals surface area contributed by atoms with Crippen molar-refractivity contribution in [2.75, 3.05) is 13.7 Å². The molecular formula is C25H27FN4O3. The van der Waals surface area contributed by atoms with E-state index in [0.29, 0.717) is 41.1 Å². The first-order valence-electron chi connectivity index (χ1n) is 10.9. The third kappa shape index (κ3) is 4.74. The minimum atomic E-state index is -0.496. The van der Waals surface area contributed by atoms with Gasteiger partial charge >= 0.3 is 6.03 Å². The molecule has 2 aromatic carbocycles. The Hall–Kier alpha value is -3.68. The van der Waals surface area contributed by atoms with Gasteiger partial charge in [0.1, 0.15) is 11.6 Å². The molecule has 172 valence electrons. The predicted molar refractivity (Wildman–Crippen MR) is 123 cm³/mol. The molecule has 8 heteroatoms. The van der Waals surface area contributed by atoms with Crippen molar-refractivity contribution in [2.24, 2.45) is 5.92 Å². The molecule has 7 nitrogen and oxygen atoms in total. The van der Waals surface area contributed by atoms with E-state index in [4.69, 9.17) is 9.26 Å². The minimum absolute atomic E-state index is 0.178. The summed E-state index contributed by atoms with van der Waals surface area (Å²) in [5.74, 6) is 1.43. The fourth-order valence-electron chi connectivity index (χ4n) is 3.84. The lowest BCUT2D eigenvalue weighted by Gasteiger charge is -2.35. The van der Waals surface area contributed by atoms with Crippen LogP contribution in [0.15, 0.2) is 58.8 Å². The number of ether oxygens (including phenoxy) is 1. The first-order valence-corrected chi connectivity index (χ1v) is 10.9. The van der Waals surface area contributed by atoms with Crippen molar-refractivity contribution < 1.29 is 18.4 Å². The topological polar surface area (TPSA) is 80.5 Å². The van der Waals surface area contributed by atoms with Gasteiger partial charge in [-0.3, -0.25) is 4.90 Å². The summed E-state index contributed by atoms with van der Waals surface area (Å²) in [4.78, 5) is 19.3. The van der Waals surface area contributed by atoms with Gasteiger partial charge in [-0.1, -0.05) is 31.1 Å². The molecule has 0 saturated carbocycles. The lowest BCUT2D eigenvalue weighted by molar-refractivity contribution is 0.202. The Kier molecular flexibility index (Phi) is 6.44. The van der Waals surface area contributed by atoms with Crippen LogP contribution in [0.25, 0.3) is 17.0 Å². The molecule has 1 unspecified atom stereocenters. The molecule has 2 amide bonds. The molecule has 3 aromatic rings. The number of rotatable bonds is 7. The maximum Gasteiger partial charge on any atom is 0.322 e. The van der Waals surface area contributed by atoms with E-state index >= 15 is 0 Å². The Morgan fingerprint density at radius 3 is 2.67 bits per heavy atom. The fourth-order valence-corrected chi connectivity index (χ4v) is 3.84. The summed E-state index contributed by atoms with van der Waals surface area (Å²) in [5.41, 5.74) is 2.94. The van der Waals surface area contributed by atoms with E-state index in [1.165, 1.54) is 12.1 Å². The number of carbonyl (C=O) groups excluding carboxylic acids is 1. The van der Waals surface area contributed by atoms with Crippen molar-refractivity contribution in [1.29, 1.82) is 0 Å². The molecule has 0 fully saturated rings. The molecule has 4 rings (SSSR count). The maximum atomic E-state index is 13.3. The Balaban J connectivity index is 1.79. The van der Waals surface area contributed by atoms with Gasteiger partial charge in [0.15, 0.2) is 0 Å². The van der Waals surface area contributed by atoms with Crippen molar-refractivity contribution in [3.05, 3.63) is 71.5 Å². The quantitative estimate of drug-likeness (QED) is 0.519. The normalized spacial score (nSPS) is 16.4. The third-order valence-corrected chi connectivity index (χ3v) is 5.71. The zero-order valence-corrected chi connectivity index (χ0v) is 19.1. The van der Waals surface area contributed by atoms with E-state index in [1.807, 2.05) is 31.2 Å². The molecule has 0 saturated heterocycles. The second-order valence-electron chi connectivity index (χ2n) is 8.42. The molecule has 33 heavy (non-hydrogen) atoms. The van der Waals surface area contributed by atoms with Gasteiger partial charge in [0.05, 0.1) is 18.7 Å². The molecule has 1 N–H and O–H groups in total. The van der Waals surface area contributed by atoms with E-state index in [0.717, 1.165) is 17.7 Å². The largest absolute Gasteiger partial charge is 0.497 e. The molecule has 0 aliphatic carbocycles. The summed E-state index contributed by atoms with van der Waals surface area (Å²) in [5, 5.41) is 7.20. The number of halogens is 1. The molecule has 0 spiro atoms. The number of benzene rings is 2. The van der Waals surface area contributed by atoms with Crippen LogP contribution in [0, 0.1) is 11.7 Å². The molecule has 0 radical (unpaired) electrons. The van der Waals surface area contributed by atoms with Crippen LogP contribution >= 0.6 is 0 Å². The van der Waals surface area contributed by atoms with Gasteiger partial charge in [-0.25, -0.2) is 9.18 Å². The number of nitrogens with one attached hydrogen (secondary N) is 1. The lowest BCUT2D eigenvalue weighted by atomic mass is 9.94. The van der Waals surface area contributed by atoms with Crippen LogP contribution < -0.4 is 10.1 Å². The van der Waals surface area contributed by atoms with Crippen LogP contribution in [-0.4, -0.2) is 34.7 Å². The number of hydrogen-bond donors (Lipinski definition) is 1. The van der Waals surface area contributed by atoms with Crippen LogP contribution in [0.2, 0.25) is 0 Å². The Labute approximate surface area is 192 Å². The molecular weight excluding hydrogens is 423 g/mol. The Morgan fingerprint density at radius 1 is 1.21 bits per heavy atom. The van der Waals surface area contributed by atoms with Crippen molar-refractivity contribution in [3.8, 4) is 17.1 Å². The second-order valence-corrected chi connectivity index (χ2v) is 8.42. The third-order valence-electron chi connectivity index (χ3n) is 5.71. The number of allylic oxidation sites excluding steroid dienone is 1. The van der Waals surface area contributed by atoms with E-state index in [9.17, 15) is 9.18 Å². The molecule has 1 aliphatic heterocycles. The highest BCUT2D eigenvalue weighted by atomic mass is 19.1. The van der Waals surface area contributed by atoms with Gasteiger partial charge < -0.3 is 14.6 Å². The van der Waals surface area contributed by atoms with Crippen LogP contribution in [0.5, 0.6) is 5.75 Å². The summed E-state index contributed by atoms with van der Waals surface area (Å²) in [6.45, 7) is 6.70. The van der Waals surface area contributed by atoms with E-state index in [1.54, 1.807) is 24.1 Å². The second kappa shape index (κ2) is 9.44. The van der Waals surface area contributed by atoms with Gasteiger partial charge in [0.2, 0.25) is 5.82 Å². The first-order chi connectivity index (χ1) is 15.9. The van der Waals surface area contributed by atoms with E-state index < -0.39 is 6.04 Å². The molecule has 2 heterocycles. The standard InChI is InChI=1S/C25H27FN4O3/c1-15(2)12-13-30-16(3)21(22(27-25(30)31)18-6-5-7-20(14-18)32-4)24-28-23(29-33-24)17-8-10-19(26)11-9-17/h5-11,14-15,22H,12-13H2,1-4H3,(H,27,31). The average molecular weight is 451 g/mol. The van der Waals surface area contributed by atoms with Crippen molar-refractivity contribution in [1.82, 2.24) is 20.4 Å². The number of methoxy groups -OCH3 is 1. The summed E-state index contributed by atoms with van der Waals surface area (Å²) >= 11 is 0. The zero-order valence-electron chi connectivity index (χ0n) is 19.1. The predicted octanol–water partition coefficient (Wildman–Crippen LogP) is 5.43. The number of carbonyl (C=O) groups is 1. The van der Waals surface area contributed by atoms with Gasteiger partial charge in [0, 0.05) is 17.8 Å². The highest BCUT2D eigenvalue weighted by molar-refractivity contribution is 5.87. The zero-order chi connectivity index (χ0) is 23.5. The van der Waals surface area contributed by atoms with Crippen LogP contribution in [0.1, 0.15) is 44.7 Å². The van der Waals surface area contributed by atoms with Crippen LogP contribution in [0.3, 0.4) is 0 Å². The summed E-state index contributed by atoms with van der Waals surface area (Å²) in [6.07, 6.45) is 0.854. The van der Waals surface area contributed by atoms with Gasteiger partial charge in [-0.2, -0.15) is 4.98 Å². The van der Waals surface area contributed by atoms with Crippen LogP contribution in [0.4, 0.5) is 9.18 Å². The highest BCUT2D eigenvalue weighted by Crippen LogP contribution is 2.38. The van der Waals surface area contributed by atoms with Crippen LogP contribution in [-0.2, 0) is 0 Å². The smallest absolute Gasteiger partial charge is 0.322 e. The number of aromatic nitrogens is 2. The Bertz CT molecular complexity index is 1170. The fraction of sp³-hybridized carbons (Fsp3) is 0.320. The minimum Gasteiger partial charge on any atom is -0.497 e. The molecule has 1 aliphatic rings. The Morgan fingerprint density at radius 2 is 1.97 bits per heavy atom. The van der Waals surface area contributed by atoms with Crippen molar-refractivity contribution >= 4 is 11.6 Å². The number of hydrogen-bond acceptors (Lipinski definition) is 5. The van der Waals surface area contributed by atoms with Gasteiger partial charge in [-0.05, 0) is 61.2 Å². The van der Waals surface area contributed by atoms with E-state index in [-0.39, 0.29) is 11.8 Å². The number of amides is 2. The first kappa shape index (κ1) is 22.5. The summed E-state index contributed by atoms with van der Waals surface area (Å²) in [7, 11) is 1.60. The molecule has 0 bridgehead atoms. The van der Waals surface area contributed by atoms with E-state index in [2.05, 4.69) is 29.3 Å². The summed E-state index contributed by atoms with van der Waals surface area (Å²) < 4.78 is 24.4. The molecule has 1 aromatic heterocycles. The van der Waals surface area contributed by atoms with Crippen molar-refractivity contribution in [2.45, 2.75) is 33.2 Å². The average Bonchev–Trinajstić information content (AvgIpc) is 3.28. The van der Waals surface area contributed by atoms with Crippen molar-refractivity contribution in [3.63, 3.8) is 0 Å². The maximum absolute atomic E-state index is 13.3. The number of nitrogens with zero attached hydrogens (tertiary/aromatic N) is 3. The monoisotopic (exact) mass is 450 g/mol.